The van der Waals surface area contributed by atoms with Crippen molar-refractivity contribution in [3.05, 3.63) is 42.5 Å². The van der Waals surface area contributed by atoms with Crippen LogP contribution in [0, 0.1) is 5.92 Å². The first-order valence-electron chi connectivity index (χ1n) is 6.38. The van der Waals surface area contributed by atoms with E-state index in [-0.39, 0.29) is 0 Å². The molecule has 0 spiro atoms. The van der Waals surface area contributed by atoms with Crippen molar-refractivity contribution in [2.75, 3.05) is 26.3 Å². The molecule has 1 aliphatic heterocycles. The van der Waals surface area contributed by atoms with Crippen LogP contribution < -0.4 is 5.32 Å². The molecule has 2 heteroatoms. The van der Waals surface area contributed by atoms with Gasteiger partial charge in [0.15, 0.2) is 0 Å². The Morgan fingerprint density at radius 1 is 1.35 bits per heavy atom. The van der Waals surface area contributed by atoms with Crippen LogP contribution in [0.3, 0.4) is 0 Å². The molecule has 1 aromatic carbocycles. The van der Waals surface area contributed by atoms with Gasteiger partial charge in [-0.05, 0) is 29.9 Å². The molecular weight excluding hydrogens is 210 g/mol. The van der Waals surface area contributed by atoms with Crippen LogP contribution in [0.25, 0.3) is 5.57 Å². The highest BCUT2D eigenvalue weighted by Crippen LogP contribution is 2.13. The molecular formula is C15H21NO. The van der Waals surface area contributed by atoms with Gasteiger partial charge in [0.25, 0.3) is 0 Å². The molecule has 0 aliphatic carbocycles. The highest BCUT2D eigenvalue weighted by Gasteiger charge is 2.13. The van der Waals surface area contributed by atoms with Crippen molar-refractivity contribution in [3.63, 3.8) is 0 Å². The van der Waals surface area contributed by atoms with Gasteiger partial charge in [-0.25, -0.2) is 0 Å². The Morgan fingerprint density at radius 2 is 2.18 bits per heavy atom. The SMILES string of the molecule is C=C(CNCC1CCCOC1)c1ccccc1. The second-order valence-electron chi connectivity index (χ2n) is 4.68. The Balaban J connectivity index is 1.69. The van der Waals surface area contributed by atoms with Crippen LogP contribution in [0.2, 0.25) is 0 Å². The summed E-state index contributed by atoms with van der Waals surface area (Å²) in [6.45, 7) is 7.85. The van der Waals surface area contributed by atoms with Gasteiger partial charge < -0.3 is 10.1 Å². The van der Waals surface area contributed by atoms with E-state index < -0.39 is 0 Å². The molecule has 17 heavy (non-hydrogen) atoms. The van der Waals surface area contributed by atoms with Crippen LogP contribution >= 0.6 is 0 Å². The van der Waals surface area contributed by atoms with Gasteiger partial charge in [0.2, 0.25) is 0 Å². The third kappa shape index (κ3) is 3.99. The van der Waals surface area contributed by atoms with Crippen molar-refractivity contribution in [2.45, 2.75) is 12.8 Å². The van der Waals surface area contributed by atoms with Crippen LogP contribution in [-0.2, 0) is 4.74 Å². The lowest BCUT2D eigenvalue weighted by molar-refractivity contribution is 0.0553. The maximum absolute atomic E-state index is 5.46. The maximum atomic E-state index is 5.46. The van der Waals surface area contributed by atoms with E-state index in [4.69, 9.17) is 4.74 Å². The predicted molar refractivity (Wildman–Crippen MR) is 71.9 cm³/mol. The molecule has 0 radical (unpaired) electrons. The van der Waals surface area contributed by atoms with E-state index in [1.165, 1.54) is 18.4 Å². The molecule has 2 nitrogen and oxygen atoms in total. The van der Waals surface area contributed by atoms with Crippen molar-refractivity contribution in [3.8, 4) is 0 Å². The van der Waals surface area contributed by atoms with E-state index in [0.29, 0.717) is 5.92 Å². The molecule has 0 bridgehead atoms. The van der Waals surface area contributed by atoms with E-state index in [9.17, 15) is 0 Å². The fourth-order valence-corrected chi connectivity index (χ4v) is 2.17. The zero-order chi connectivity index (χ0) is 11.9. The van der Waals surface area contributed by atoms with Crippen LogP contribution in [0.5, 0.6) is 0 Å². The molecule has 92 valence electrons. The first-order chi connectivity index (χ1) is 8.36. The lowest BCUT2D eigenvalue weighted by Gasteiger charge is -2.22. The Bertz CT molecular complexity index is 341. The molecule has 1 aliphatic rings. The van der Waals surface area contributed by atoms with E-state index in [2.05, 4.69) is 36.2 Å². The zero-order valence-corrected chi connectivity index (χ0v) is 10.3. The number of ether oxygens (including phenoxy) is 1. The molecule has 2 rings (SSSR count). The van der Waals surface area contributed by atoms with Gasteiger partial charge in [-0.3, -0.25) is 0 Å². The fraction of sp³-hybridized carbons (Fsp3) is 0.467. The first kappa shape index (κ1) is 12.3. The van der Waals surface area contributed by atoms with Crippen LogP contribution in [0.4, 0.5) is 0 Å². The molecule has 1 fully saturated rings. The monoisotopic (exact) mass is 231 g/mol. The summed E-state index contributed by atoms with van der Waals surface area (Å²) in [5, 5.41) is 3.47. The summed E-state index contributed by atoms with van der Waals surface area (Å²) in [4.78, 5) is 0. The largest absolute Gasteiger partial charge is 0.381 e. The average molecular weight is 231 g/mol. The summed E-state index contributed by atoms with van der Waals surface area (Å²) in [6, 6.07) is 10.3. The van der Waals surface area contributed by atoms with Gasteiger partial charge in [-0.15, -0.1) is 0 Å². The van der Waals surface area contributed by atoms with Gasteiger partial charge in [-0.2, -0.15) is 0 Å². The van der Waals surface area contributed by atoms with Gasteiger partial charge in [0.1, 0.15) is 0 Å². The summed E-state index contributed by atoms with van der Waals surface area (Å²) < 4.78 is 5.46. The lowest BCUT2D eigenvalue weighted by Crippen LogP contribution is -2.30. The van der Waals surface area contributed by atoms with Crippen molar-refractivity contribution in [1.82, 2.24) is 5.32 Å². The van der Waals surface area contributed by atoms with Gasteiger partial charge in [-0.1, -0.05) is 36.9 Å². The first-order valence-corrected chi connectivity index (χ1v) is 6.38. The van der Waals surface area contributed by atoms with Gasteiger partial charge in [0.05, 0.1) is 6.61 Å². The molecule has 0 amide bonds. The topological polar surface area (TPSA) is 21.3 Å². The van der Waals surface area contributed by atoms with Crippen LogP contribution in [-0.4, -0.2) is 26.3 Å². The maximum Gasteiger partial charge on any atom is 0.0506 e. The highest BCUT2D eigenvalue weighted by molar-refractivity contribution is 5.64. The minimum atomic E-state index is 0.673. The second-order valence-corrected chi connectivity index (χ2v) is 4.68. The highest BCUT2D eigenvalue weighted by atomic mass is 16.5. The van der Waals surface area contributed by atoms with Crippen LogP contribution in [0.15, 0.2) is 36.9 Å². The van der Waals surface area contributed by atoms with Crippen molar-refractivity contribution >= 4 is 5.57 Å². The zero-order valence-electron chi connectivity index (χ0n) is 10.3. The minimum absolute atomic E-state index is 0.673. The molecule has 0 saturated carbocycles. The van der Waals surface area contributed by atoms with Gasteiger partial charge >= 0.3 is 0 Å². The predicted octanol–water partition coefficient (Wildman–Crippen LogP) is 2.72. The summed E-state index contributed by atoms with van der Waals surface area (Å²) in [7, 11) is 0. The standard InChI is InChI=1S/C15H21NO/c1-13(15-7-3-2-4-8-15)10-16-11-14-6-5-9-17-12-14/h2-4,7-8,14,16H,1,5-6,9-12H2. The smallest absolute Gasteiger partial charge is 0.0506 e. The van der Waals surface area contributed by atoms with E-state index in [1.54, 1.807) is 0 Å². The number of benzene rings is 1. The molecule has 1 N–H and O–H groups in total. The van der Waals surface area contributed by atoms with Crippen molar-refractivity contribution < 1.29 is 4.74 Å². The third-order valence-electron chi connectivity index (χ3n) is 3.21. The number of rotatable bonds is 5. The molecule has 1 aromatic rings. The molecule has 1 atom stereocenters. The summed E-state index contributed by atoms with van der Waals surface area (Å²) >= 11 is 0. The van der Waals surface area contributed by atoms with Crippen LogP contribution in [0.1, 0.15) is 18.4 Å². The molecule has 1 unspecified atom stereocenters. The van der Waals surface area contributed by atoms with Crippen molar-refractivity contribution in [1.29, 1.82) is 0 Å². The normalized spacial score (nSPS) is 20.1. The minimum Gasteiger partial charge on any atom is -0.381 e. The molecule has 0 aromatic heterocycles. The fourth-order valence-electron chi connectivity index (χ4n) is 2.17. The number of nitrogens with one attached hydrogen (secondary N) is 1. The third-order valence-corrected chi connectivity index (χ3v) is 3.21. The molecule has 1 heterocycles. The summed E-state index contributed by atoms with van der Waals surface area (Å²) in [5.41, 5.74) is 2.38. The number of hydrogen-bond acceptors (Lipinski definition) is 2. The second kappa shape index (κ2) is 6.58. The lowest BCUT2D eigenvalue weighted by atomic mass is 10.0. The van der Waals surface area contributed by atoms with Gasteiger partial charge in [0, 0.05) is 19.7 Å². The van der Waals surface area contributed by atoms with E-state index in [0.717, 1.165) is 31.9 Å². The Morgan fingerprint density at radius 3 is 2.88 bits per heavy atom. The number of hydrogen-bond donors (Lipinski definition) is 1. The Hall–Kier alpha value is -1.12. The quantitative estimate of drug-likeness (QED) is 0.841. The summed E-state index contributed by atoms with van der Waals surface area (Å²) in [5.74, 6) is 0.673. The average Bonchev–Trinajstić information content (AvgIpc) is 2.41. The molecule has 1 saturated heterocycles. The Labute approximate surface area is 104 Å². The van der Waals surface area contributed by atoms with Crippen molar-refractivity contribution in [2.24, 2.45) is 5.92 Å². The van der Waals surface area contributed by atoms with E-state index >= 15 is 0 Å². The van der Waals surface area contributed by atoms with E-state index in [1.807, 2.05) is 6.07 Å². The summed E-state index contributed by atoms with van der Waals surface area (Å²) in [6.07, 6.45) is 2.48. The Kier molecular flexibility index (Phi) is 4.77.